The molecule has 4 N–H and O–H groups in total. The third-order valence-electron chi connectivity index (χ3n) is 10.2. The Hall–Kier alpha value is -3.48. The number of terminal acetylenes is 1. The highest BCUT2D eigenvalue weighted by Gasteiger charge is 2.70. The van der Waals surface area contributed by atoms with Crippen LogP contribution in [0, 0.1) is 40.4 Å². The summed E-state index contributed by atoms with van der Waals surface area (Å²) in [5.41, 5.74) is -1.60. The molecule has 3 fully saturated rings. The quantitative estimate of drug-likeness (QED) is 0.112. The second kappa shape index (κ2) is 15.0. The molecule has 3 rings (SSSR count). The van der Waals surface area contributed by atoms with Crippen LogP contribution in [0.5, 0.6) is 0 Å². The van der Waals surface area contributed by atoms with Crippen molar-refractivity contribution in [2.75, 3.05) is 33.7 Å². The maximum atomic E-state index is 14.4. The molecule has 0 radical (unpaired) electrons. The molecule has 5 amide bonds. The summed E-state index contributed by atoms with van der Waals surface area (Å²) in [6.45, 7) is 19.0. The average molecular weight is 720 g/mol. The minimum atomic E-state index is -3.75. The number of likely N-dealkylation sites (tertiary alicyclic amines) is 1. The topological polar surface area (TPSA) is 177 Å². The van der Waals surface area contributed by atoms with E-state index in [2.05, 4.69) is 33.8 Å². The van der Waals surface area contributed by atoms with Gasteiger partial charge in [-0.3, -0.25) is 19.2 Å². The number of fused-ring (bicyclic) bond motifs is 1. The van der Waals surface area contributed by atoms with E-state index in [4.69, 9.17) is 6.42 Å². The van der Waals surface area contributed by atoms with Gasteiger partial charge in [-0.15, -0.1) is 18.9 Å². The predicted molar refractivity (Wildman–Crippen MR) is 190 cm³/mol. The van der Waals surface area contributed by atoms with Crippen LogP contribution in [0.3, 0.4) is 0 Å². The minimum Gasteiger partial charge on any atom is -0.346 e. The number of carbonyl (C=O) groups is 5. The van der Waals surface area contributed by atoms with Crippen LogP contribution in [0.2, 0.25) is 0 Å². The van der Waals surface area contributed by atoms with E-state index in [9.17, 15) is 32.4 Å². The van der Waals surface area contributed by atoms with Gasteiger partial charge in [0.2, 0.25) is 17.6 Å². The van der Waals surface area contributed by atoms with E-state index < -0.39 is 74.7 Å². The Balaban J connectivity index is 1.85. The Kier molecular flexibility index (Phi) is 12.3. The Bertz CT molecular complexity index is 1500. The summed E-state index contributed by atoms with van der Waals surface area (Å²) < 4.78 is 28.9. The summed E-state index contributed by atoms with van der Waals surface area (Å²) in [6.07, 6.45) is 8.14. The number of rotatable bonds is 15. The van der Waals surface area contributed by atoms with E-state index in [1.165, 1.54) is 29.4 Å². The monoisotopic (exact) mass is 719 g/mol. The second-order valence-corrected chi connectivity index (χ2v) is 18.7. The highest BCUT2D eigenvalue weighted by molar-refractivity contribution is 7.86. The number of ketones is 1. The number of nitrogens with one attached hydrogen (secondary N) is 4. The van der Waals surface area contributed by atoms with Crippen LogP contribution in [-0.4, -0.2) is 115 Å². The molecule has 14 nitrogen and oxygen atoms in total. The average Bonchev–Trinajstić information content (AvgIpc) is 3.87. The number of urea groups is 1. The SMILES string of the molecule is C#CCC(NC(=O)[C@@H]1[C@@H]2[C@H](CN1C(=O)[C@@H](NC(=O)N[C@H](CN(C1CC1)S(=O)(=O)N(C)C)C(C)(C)C)C(C)(C)C)C2(C)C)C(=O)C(=O)NCC=C. The maximum Gasteiger partial charge on any atom is 0.315 e. The molecule has 6 atom stereocenters. The zero-order valence-corrected chi connectivity index (χ0v) is 32.1. The minimum absolute atomic E-state index is 0.00615. The first kappa shape index (κ1) is 40.9. The summed E-state index contributed by atoms with van der Waals surface area (Å²) in [5, 5.41) is 10.8. The number of nitrogens with zero attached hydrogens (tertiary/aromatic N) is 3. The van der Waals surface area contributed by atoms with E-state index in [0.717, 1.165) is 17.1 Å². The standard InChI is InChI=1S/C35H57N7O7S/c1-13-15-23(27(43)30(45)36-18-14-2)37-29(44)26-25-22(35(25,9)10)19-41(26)31(46)28(34(6,7)8)39-32(47)38-24(33(3,4)5)20-42(21-16-17-21)50(48,49)40(11)12/h1,14,21-26,28H,2,15-20H2,3-12H3,(H,36,45)(H,37,44)(H2,38,39,47)/t22-,23?,24+,25-,26-,28+/m0/s1. The normalized spacial score (nSPS) is 23.2. The van der Waals surface area contributed by atoms with Gasteiger partial charge in [0.05, 0.1) is 0 Å². The molecule has 15 heteroatoms. The molecule has 0 spiro atoms. The molecule has 2 aliphatic carbocycles. The van der Waals surface area contributed by atoms with Crippen LogP contribution < -0.4 is 21.3 Å². The summed E-state index contributed by atoms with van der Waals surface area (Å²) in [6, 6.07) is -4.73. The van der Waals surface area contributed by atoms with Gasteiger partial charge in [-0.1, -0.05) is 61.5 Å². The first-order chi connectivity index (χ1) is 22.9. The number of carbonyl (C=O) groups excluding carboxylic acids is 5. The largest absolute Gasteiger partial charge is 0.346 e. The van der Waals surface area contributed by atoms with Crippen LogP contribution in [0.1, 0.15) is 74.7 Å². The van der Waals surface area contributed by atoms with Gasteiger partial charge in [-0.25, -0.2) is 4.79 Å². The molecular formula is C35H57N7O7S. The molecular weight excluding hydrogens is 662 g/mol. The first-order valence-electron chi connectivity index (χ1n) is 17.1. The fourth-order valence-electron chi connectivity index (χ4n) is 6.67. The first-order valence-corrected chi connectivity index (χ1v) is 18.5. The van der Waals surface area contributed by atoms with E-state index in [-0.39, 0.29) is 49.3 Å². The molecule has 0 bridgehead atoms. The zero-order chi connectivity index (χ0) is 38.1. The number of amides is 5. The van der Waals surface area contributed by atoms with Crippen molar-refractivity contribution >= 4 is 39.7 Å². The van der Waals surface area contributed by atoms with Crippen LogP contribution in [0.4, 0.5) is 4.79 Å². The smallest absolute Gasteiger partial charge is 0.315 e. The van der Waals surface area contributed by atoms with Gasteiger partial charge in [-0.2, -0.15) is 17.0 Å². The summed E-state index contributed by atoms with van der Waals surface area (Å²) >= 11 is 0. The number of piperidine rings is 1. The van der Waals surface area contributed by atoms with Gasteiger partial charge >= 0.3 is 6.03 Å². The number of Topliss-reactive ketones (excluding diaryl/α,β-unsaturated/α-hetero) is 1. The van der Waals surface area contributed by atoms with Gasteiger partial charge in [-0.05, 0) is 40.9 Å². The third kappa shape index (κ3) is 9.05. The van der Waals surface area contributed by atoms with Crippen molar-refractivity contribution in [3.05, 3.63) is 12.7 Å². The van der Waals surface area contributed by atoms with E-state index >= 15 is 0 Å². The Morgan fingerprint density at radius 3 is 2.10 bits per heavy atom. The van der Waals surface area contributed by atoms with Crippen LogP contribution in [-0.2, 0) is 29.4 Å². The van der Waals surface area contributed by atoms with Crippen LogP contribution in [0.15, 0.2) is 12.7 Å². The van der Waals surface area contributed by atoms with Crippen molar-refractivity contribution in [2.24, 2.45) is 28.1 Å². The van der Waals surface area contributed by atoms with E-state index in [0.29, 0.717) is 0 Å². The van der Waals surface area contributed by atoms with Crippen LogP contribution in [0.25, 0.3) is 0 Å². The van der Waals surface area contributed by atoms with Crippen molar-refractivity contribution in [1.82, 2.24) is 34.8 Å². The number of hydrogen-bond acceptors (Lipinski definition) is 7. The van der Waals surface area contributed by atoms with Crippen LogP contribution >= 0.6 is 0 Å². The predicted octanol–water partition coefficient (Wildman–Crippen LogP) is 1.25. The lowest BCUT2D eigenvalue weighted by Gasteiger charge is -2.39. The molecule has 0 aromatic heterocycles. The zero-order valence-electron chi connectivity index (χ0n) is 31.3. The molecule has 2 saturated carbocycles. The lowest BCUT2D eigenvalue weighted by Crippen LogP contribution is -2.63. The highest BCUT2D eigenvalue weighted by Crippen LogP contribution is 2.65. The lowest BCUT2D eigenvalue weighted by molar-refractivity contribution is -0.145. The van der Waals surface area contributed by atoms with Gasteiger partial charge in [0.1, 0.15) is 18.1 Å². The second-order valence-electron chi connectivity index (χ2n) is 16.6. The molecule has 1 heterocycles. The van der Waals surface area contributed by atoms with Crippen molar-refractivity contribution in [3.8, 4) is 12.3 Å². The van der Waals surface area contributed by atoms with E-state index in [1.54, 1.807) is 20.8 Å². The molecule has 0 aromatic rings. The fraction of sp³-hybridized carbons (Fsp3) is 0.743. The van der Waals surface area contributed by atoms with Crippen molar-refractivity contribution in [2.45, 2.75) is 105 Å². The Morgan fingerprint density at radius 1 is 1.02 bits per heavy atom. The lowest BCUT2D eigenvalue weighted by atomic mass is 9.85. The van der Waals surface area contributed by atoms with Crippen molar-refractivity contribution < 1.29 is 32.4 Å². The molecule has 1 aliphatic heterocycles. The molecule has 0 aromatic carbocycles. The summed E-state index contributed by atoms with van der Waals surface area (Å²) in [4.78, 5) is 68.8. The Morgan fingerprint density at radius 2 is 1.62 bits per heavy atom. The molecule has 1 saturated heterocycles. The van der Waals surface area contributed by atoms with Crippen molar-refractivity contribution in [1.29, 1.82) is 0 Å². The van der Waals surface area contributed by atoms with Gasteiger partial charge in [0.15, 0.2) is 0 Å². The Labute approximate surface area is 298 Å². The summed E-state index contributed by atoms with van der Waals surface area (Å²) in [7, 11) is -0.804. The molecule has 3 aliphatic rings. The van der Waals surface area contributed by atoms with Gasteiger partial charge in [0, 0.05) is 52.2 Å². The van der Waals surface area contributed by atoms with Gasteiger partial charge in [0.25, 0.3) is 16.1 Å². The third-order valence-corrected chi connectivity index (χ3v) is 12.1. The summed E-state index contributed by atoms with van der Waals surface area (Å²) in [5.74, 6) is -0.758. The fourth-order valence-corrected chi connectivity index (χ4v) is 8.02. The molecule has 1 unspecified atom stereocenters. The molecule has 50 heavy (non-hydrogen) atoms. The molecule has 280 valence electrons. The maximum absolute atomic E-state index is 14.4. The van der Waals surface area contributed by atoms with Gasteiger partial charge < -0.3 is 26.2 Å². The highest BCUT2D eigenvalue weighted by atomic mass is 32.2. The van der Waals surface area contributed by atoms with Crippen molar-refractivity contribution in [3.63, 3.8) is 0 Å². The number of hydrogen-bond donors (Lipinski definition) is 4. The van der Waals surface area contributed by atoms with E-state index in [1.807, 2.05) is 34.6 Å².